The molecule has 0 amide bonds. The van der Waals surface area contributed by atoms with Crippen molar-refractivity contribution >= 4 is 26.7 Å². The second kappa shape index (κ2) is 8.47. The standard InChI is InChI=1S/C26H25F4NO5S/c1-14-10-17(2-4-20(14)27)31-21-5-3-18(32)11-19(21)22(23(31)15-6-8-37(35,36)9-7-15)16-12-25(13-16,24(33)34)26(28,29)30/h2-5,10-11,15-16,32H,6-9,12-13H2,1H3,(H,33,34)/t16-,25+. The summed E-state index contributed by atoms with van der Waals surface area (Å²) in [7, 11) is -3.25. The Bertz CT molecular complexity index is 1510. The van der Waals surface area contributed by atoms with Gasteiger partial charge in [-0.1, -0.05) is 0 Å². The smallest absolute Gasteiger partial charge is 0.404 e. The molecule has 0 unspecified atom stereocenters. The van der Waals surface area contributed by atoms with Gasteiger partial charge < -0.3 is 14.8 Å². The van der Waals surface area contributed by atoms with Gasteiger partial charge in [0.15, 0.2) is 5.41 Å². The number of rotatable bonds is 4. The van der Waals surface area contributed by atoms with Crippen LogP contribution in [0.15, 0.2) is 36.4 Å². The number of fused-ring (bicyclic) bond motifs is 1. The van der Waals surface area contributed by atoms with E-state index < -0.39 is 52.0 Å². The lowest BCUT2D eigenvalue weighted by Crippen LogP contribution is -2.53. The highest BCUT2D eigenvalue weighted by atomic mass is 32.2. The first kappa shape index (κ1) is 25.6. The van der Waals surface area contributed by atoms with E-state index in [4.69, 9.17) is 0 Å². The van der Waals surface area contributed by atoms with Gasteiger partial charge in [-0.3, -0.25) is 4.79 Å². The zero-order chi connectivity index (χ0) is 26.9. The summed E-state index contributed by atoms with van der Waals surface area (Å²) in [6.45, 7) is 1.58. The summed E-state index contributed by atoms with van der Waals surface area (Å²) in [4.78, 5) is 11.7. The van der Waals surface area contributed by atoms with Crippen LogP contribution in [0.2, 0.25) is 0 Å². The van der Waals surface area contributed by atoms with E-state index in [9.17, 15) is 41.0 Å². The van der Waals surface area contributed by atoms with Crippen LogP contribution in [0.4, 0.5) is 17.6 Å². The average Bonchev–Trinajstić information content (AvgIpc) is 3.08. The molecule has 6 nitrogen and oxygen atoms in total. The molecule has 2 fully saturated rings. The normalized spacial score (nSPS) is 24.2. The monoisotopic (exact) mass is 539 g/mol. The van der Waals surface area contributed by atoms with E-state index in [1.54, 1.807) is 29.7 Å². The van der Waals surface area contributed by atoms with E-state index in [1.165, 1.54) is 18.2 Å². The number of hydrogen-bond acceptors (Lipinski definition) is 4. The summed E-state index contributed by atoms with van der Waals surface area (Å²) < 4.78 is 81.8. The molecule has 11 heteroatoms. The topological polar surface area (TPSA) is 96.6 Å². The molecule has 0 atom stereocenters. The molecule has 2 N–H and O–H groups in total. The van der Waals surface area contributed by atoms with Gasteiger partial charge in [0.2, 0.25) is 0 Å². The second-order valence-corrected chi connectivity index (χ2v) is 12.5. The van der Waals surface area contributed by atoms with Gasteiger partial charge in [0, 0.05) is 22.7 Å². The number of aliphatic carboxylic acids is 1. The number of hydrogen-bond donors (Lipinski definition) is 2. The molecule has 2 aliphatic rings. The molecule has 2 aromatic carbocycles. The van der Waals surface area contributed by atoms with Crippen LogP contribution in [0.3, 0.4) is 0 Å². The predicted molar refractivity (Wildman–Crippen MR) is 128 cm³/mol. The highest BCUT2D eigenvalue weighted by Crippen LogP contribution is 2.62. The number of sulfone groups is 1. The van der Waals surface area contributed by atoms with Gasteiger partial charge in [-0.25, -0.2) is 12.8 Å². The number of phenols is 1. The van der Waals surface area contributed by atoms with Crippen LogP contribution >= 0.6 is 0 Å². The summed E-state index contributed by atoms with van der Waals surface area (Å²) in [5, 5.41) is 20.2. The number of aryl methyl sites for hydroxylation is 1. The number of alkyl halides is 3. The van der Waals surface area contributed by atoms with Crippen molar-refractivity contribution in [3.05, 3.63) is 59.0 Å². The molecule has 1 aliphatic carbocycles. The number of nitrogens with zero attached hydrogens (tertiary/aromatic N) is 1. The van der Waals surface area contributed by atoms with Gasteiger partial charge in [0.1, 0.15) is 21.4 Å². The first-order chi connectivity index (χ1) is 17.2. The molecular formula is C26H25F4NO5S. The molecule has 1 aliphatic heterocycles. The van der Waals surface area contributed by atoms with Gasteiger partial charge in [-0.15, -0.1) is 0 Å². The maximum Gasteiger partial charge on any atom is 0.404 e. The Labute approximate surface area is 210 Å². The zero-order valence-electron chi connectivity index (χ0n) is 19.8. The van der Waals surface area contributed by atoms with E-state index in [1.807, 2.05) is 0 Å². The Kier molecular flexibility index (Phi) is 5.85. The maximum absolute atomic E-state index is 14.1. The van der Waals surface area contributed by atoms with Crippen LogP contribution in [-0.4, -0.2) is 46.8 Å². The molecular weight excluding hydrogens is 514 g/mol. The van der Waals surface area contributed by atoms with Gasteiger partial charge in [0.05, 0.1) is 17.0 Å². The van der Waals surface area contributed by atoms with E-state index in [0.29, 0.717) is 33.4 Å². The molecule has 0 bridgehead atoms. The van der Waals surface area contributed by atoms with Crippen molar-refractivity contribution < 1.29 is 41.0 Å². The lowest BCUT2D eigenvalue weighted by atomic mass is 9.58. The lowest BCUT2D eigenvalue weighted by Gasteiger charge is -2.46. The van der Waals surface area contributed by atoms with Crippen molar-refractivity contribution in [2.24, 2.45) is 5.41 Å². The van der Waals surface area contributed by atoms with E-state index in [0.717, 1.165) is 0 Å². The van der Waals surface area contributed by atoms with Crippen LogP contribution in [0.25, 0.3) is 16.6 Å². The number of benzene rings is 2. The average molecular weight is 540 g/mol. The molecule has 198 valence electrons. The van der Waals surface area contributed by atoms with Crippen LogP contribution < -0.4 is 0 Å². The quantitative estimate of drug-likeness (QED) is 0.422. The number of aromatic nitrogens is 1. The fourth-order valence-electron chi connectivity index (χ4n) is 5.88. The molecule has 0 radical (unpaired) electrons. The van der Waals surface area contributed by atoms with Crippen molar-refractivity contribution in [1.82, 2.24) is 4.57 Å². The number of halogens is 4. The Hall–Kier alpha value is -3.08. The number of carboxylic acid groups (broad SMARTS) is 1. The van der Waals surface area contributed by atoms with Crippen molar-refractivity contribution in [3.8, 4) is 11.4 Å². The predicted octanol–water partition coefficient (Wildman–Crippen LogP) is 5.59. The van der Waals surface area contributed by atoms with Crippen molar-refractivity contribution in [2.45, 2.75) is 50.6 Å². The molecule has 5 rings (SSSR count). The Morgan fingerprint density at radius 2 is 1.70 bits per heavy atom. The lowest BCUT2D eigenvalue weighted by molar-refractivity contribution is -0.256. The third kappa shape index (κ3) is 4.07. The van der Waals surface area contributed by atoms with E-state index in [-0.39, 0.29) is 36.0 Å². The van der Waals surface area contributed by atoms with Crippen LogP contribution in [0.1, 0.15) is 54.3 Å². The van der Waals surface area contributed by atoms with Crippen LogP contribution in [-0.2, 0) is 14.6 Å². The fraction of sp³-hybridized carbons (Fsp3) is 0.423. The van der Waals surface area contributed by atoms with Crippen LogP contribution in [0, 0.1) is 18.2 Å². The largest absolute Gasteiger partial charge is 0.508 e. The van der Waals surface area contributed by atoms with Gasteiger partial charge in [-0.05, 0) is 86.1 Å². The summed E-state index contributed by atoms with van der Waals surface area (Å²) >= 11 is 0. The molecule has 0 spiro atoms. The first-order valence-corrected chi connectivity index (χ1v) is 13.7. The Morgan fingerprint density at radius 3 is 2.27 bits per heavy atom. The minimum Gasteiger partial charge on any atom is -0.508 e. The Balaban J connectivity index is 1.75. The second-order valence-electron chi connectivity index (χ2n) is 10.2. The highest BCUT2D eigenvalue weighted by Gasteiger charge is 2.68. The molecule has 1 saturated carbocycles. The van der Waals surface area contributed by atoms with Crippen molar-refractivity contribution in [3.63, 3.8) is 0 Å². The summed E-state index contributed by atoms with van der Waals surface area (Å²) in [5.41, 5.74) is -0.345. The SMILES string of the molecule is Cc1cc(-n2c(C3CCS(=O)(=O)CC3)c([C@H]3C[C@@](C(=O)O)(C(F)(F)F)C3)c3cc(O)ccc32)ccc1F. The minimum atomic E-state index is -4.94. The molecule has 1 saturated heterocycles. The molecule has 37 heavy (non-hydrogen) atoms. The minimum absolute atomic E-state index is 0.0847. The van der Waals surface area contributed by atoms with Gasteiger partial charge in [-0.2, -0.15) is 13.2 Å². The zero-order valence-corrected chi connectivity index (χ0v) is 20.7. The number of carbonyl (C=O) groups is 1. The van der Waals surface area contributed by atoms with Gasteiger partial charge >= 0.3 is 12.1 Å². The van der Waals surface area contributed by atoms with E-state index >= 15 is 0 Å². The number of phenolic OH excluding ortho intramolecular Hbond substituents is 1. The highest BCUT2D eigenvalue weighted by molar-refractivity contribution is 7.91. The molecule has 1 aromatic heterocycles. The van der Waals surface area contributed by atoms with Crippen molar-refractivity contribution in [1.29, 1.82) is 0 Å². The Morgan fingerprint density at radius 1 is 1.05 bits per heavy atom. The number of carboxylic acids is 1. The fourth-order valence-corrected chi connectivity index (χ4v) is 7.37. The molecule has 3 aromatic rings. The first-order valence-electron chi connectivity index (χ1n) is 11.9. The van der Waals surface area contributed by atoms with Gasteiger partial charge in [0.25, 0.3) is 0 Å². The third-order valence-corrected chi connectivity index (χ3v) is 9.63. The number of aromatic hydroxyl groups is 1. The van der Waals surface area contributed by atoms with Crippen molar-refractivity contribution in [2.75, 3.05) is 11.5 Å². The summed E-state index contributed by atoms with van der Waals surface area (Å²) in [5.74, 6) is -3.76. The summed E-state index contributed by atoms with van der Waals surface area (Å²) in [6.07, 6.45) is -5.78. The summed E-state index contributed by atoms with van der Waals surface area (Å²) in [6, 6.07) is 8.92. The maximum atomic E-state index is 14.1. The van der Waals surface area contributed by atoms with E-state index in [2.05, 4.69) is 0 Å². The van der Waals surface area contributed by atoms with Crippen LogP contribution in [0.5, 0.6) is 5.75 Å². The molecule has 2 heterocycles. The third-order valence-electron chi connectivity index (χ3n) is 7.92.